The Morgan fingerprint density at radius 3 is 2.25 bits per heavy atom. The van der Waals surface area contributed by atoms with Crippen LogP contribution in [-0.2, 0) is 10.1 Å². The molecule has 6 heteroatoms. The fraction of sp³-hybridized carbons (Fsp3) is 0.0714. The molecule has 0 aliphatic heterocycles. The standard InChI is InChI=1S/C14H13NO4S/c1-20(17,18)19-12-9-5-8-11(14(15)16)13(12)10-6-3-2-4-7-10/h2-9H,1H3,(H2,15,16). The fourth-order valence-electron chi connectivity index (χ4n) is 1.87. The van der Waals surface area contributed by atoms with E-state index in [1.807, 2.05) is 6.07 Å². The number of carbonyl (C=O) groups excluding carboxylic acids is 1. The van der Waals surface area contributed by atoms with E-state index in [0.717, 1.165) is 6.26 Å². The van der Waals surface area contributed by atoms with Crippen molar-refractivity contribution in [3.63, 3.8) is 0 Å². The quantitative estimate of drug-likeness (QED) is 0.870. The van der Waals surface area contributed by atoms with Gasteiger partial charge >= 0.3 is 10.1 Å². The van der Waals surface area contributed by atoms with Crippen molar-refractivity contribution in [1.29, 1.82) is 0 Å². The van der Waals surface area contributed by atoms with Crippen molar-refractivity contribution in [3.8, 4) is 16.9 Å². The minimum atomic E-state index is -3.70. The molecular formula is C14H13NO4S. The van der Waals surface area contributed by atoms with Gasteiger partial charge in [-0.15, -0.1) is 0 Å². The van der Waals surface area contributed by atoms with Crippen molar-refractivity contribution < 1.29 is 17.4 Å². The first-order chi connectivity index (χ1) is 9.38. The smallest absolute Gasteiger partial charge is 0.306 e. The predicted octanol–water partition coefficient (Wildman–Crippen LogP) is 1.79. The molecule has 1 amide bonds. The maximum atomic E-state index is 11.5. The Bertz CT molecular complexity index is 739. The summed E-state index contributed by atoms with van der Waals surface area (Å²) in [6.07, 6.45) is 0.943. The van der Waals surface area contributed by atoms with E-state index in [0.29, 0.717) is 11.1 Å². The van der Waals surface area contributed by atoms with Gasteiger partial charge < -0.3 is 9.92 Å². The summed E-state index contributed by atoms with van der Waals surface area (Å²) in [4.78, 5) is 11.5. The number of primary amides is 1. The van der Waals surface area contributed by atoms with Crippen LogP contribution in [0.4, 0.5) is 0 Å². The van der Waals surface area contributed by atoms with Gasteiger partial charge in [-0.1, -0.05) is 36.4 Å². The monoisotopic (exact) mass is 291 g/mol. The third kappa shape index (κ3) is 3.16. The highest BCUT2D eigenvalue weighted by molar-refractivity contribution is 7.86. The van der Waals surface area contributed by atoms with Crippen LogP contribution < -0.4 is 9.92 Å². The molecular weight excluding hydrogens is 278 g/mol. The first-order valence-electron chi connectivity index (χ1n) is 5.76. The zero-order valence-electron chi connectivity index (χ0n) is 10.7. The highest BCUT2D eigenvalue weighted by atomic mass is 32.2. The molecule has 0 heterocycles. The van der Waals surface area contributed by atoms with Crippen LogP contribution in [0.2, 0.25) is 0 Å². The van der Waals surface area contributed by atoms with E-state index >= 15 is 0 Å². The van der Waals surface area contributed by atoms with Gasteiger partial charge in [-0.25, -0.2) is 0 Å². The minimum absolute atomic E-state index is 0.0787. The number of benzene rings is 2. The summed E-state index contributed by atoms with van der Waals surface area (Å²) in [6, 6.07) is 13.4. The SMILES string of the molecule is CS(=O)(=O)Oc1cccc(C(N)=O)c1-c1ccccc1. The molecule has 2 aromatic carbocycles. The second kappa shape index (κ2) is 5.34. The number of amides is 1. The predicted molar refractivity (Wildman–Crippen MR) is 75.9 cm³/mol. The molecule has 20 heavy (non-hydrogen) atoms. The molecule has 2 rings (SSSR count). The first-order valence-corrected chi connectivity index (χ1v) is 7.58. The van der Waals surface area contributed by atoms with Crippen molar-refractivity contribution in [2.24, 2.45) is 5.73 Å². The second-order valence-corrected chi connectivity index (χ2v) is 5.77. The maximum absolute atomic E-state index is 11.5. The number of rotatable bonds is 4. The summed E-state index contributed by atoms with van der Waals surface area (Å²) >= 11 is 0. The molecule has 0 atom stereocenters. The zero-order chi connectivity index (χ0) is 14.8. The number of carbonyl (C=O) groups is 1. The lowest BCUT2D eigenvalue weighted by atomic mass is 9.98. The highest BCUT2D eigenvalue weighted by Crippen LogP contribution is 2.33. The lowest BCUT2D eigenvalue weighted by Crippen LogP contribution is -2.14. The van der Waals surface area contributed by atoms with Crippen molar-refractivity contribution in [3.05, 3.63) is 54.1 Å². The summed E-state index contributed by atoms with van der Waals surface area (Å²) in [7, 11) is -3.70. The van der Waals surface area contributed by atoms with E-state index in [4.69, 9.17) is 9.92 Å². The lowest BCUT2D eigenvalue weighted by Gasteiger charge is -2.13. The van der Waals surface area contributed by atoms with Gasteiger partial charge in [0.15, 0.2) is 5.75 Å². The first kappa shape index (κ1) is 14.1. The molecule has 0 bridgehead atoms. The van der Waals surface area contributed by atoms with Gasteiger partial charge in [-0.3, -0.25) is 4.79 Å². The van der Waals surface area contributed by atoms with Crippen molar-refractivity contribution >= 4 is 16.0 Å². The van der Waals surface area contributed by atoms with E-state index in [9.17, 15) is 13.2 Å². The molecule has 0 aliphatic carbocycles. The van der Waals surface area contributed by atoms with Crippen molar-refractivity contribution in [2.75, 3.05) is 6.26 Å². The van der Waals surface area contributed by atoms with Crippen LogP contribution in [0.25, 0.3) is 11.1 Å². The molecule has 2 aromatic rings. The average molecular weight is 291 g/mol. The van der Waals surface area contributed by atoms with Crippen LogP contribution in [0.1, 0.15) is 10.4 Å². The number of hydrogen-bond donors (Lipinski definition) is 1. The molecule has 0 fully saturated rings. The van der Waals surface area contributed by atoms with Crippen LogP contribution in [0.15, 0.2) is 48.5 Å². The van der Waals surface area contributed by atoms with Crippen LogP contribution >= 0.6 is 0 Å². The Hall–Kier alpha value is -2.34. The Labute approximate surface area is 117 Å². The van der Waals surface area contributed by atoms with E-state index in [1.54, 1.807) is 24.3 Å². The minimum Gasteiger partial charge on any atom is -0.382 e. The third-order valence-corrected chi connectivity index (χ3v) is 3.08. The third-order valence-electron chi connectivity index (χ3n) is 2.60. The van der Waals surface area contributed by atoms with Crippen LogP contribution in [0.3, 0.4) is 0 Å². The molecule has 0 aliphatic rings. The average Bonchev–Trinajstić information content (AvgIpc) is 2.37. The molecule has 0 radical (unpaired) electrons. The van der Waals surface area contributed by atoms with Gasteiger partial charge in [0.2, 0.25) is 5.91 Å². The molecule has 0 unspecified atom stereocenters. The summed E-state index contributed by atoms with van der Waals surface area (Å²) in [5, 5.41) is 0. The summed E-state index contributed by atoms with van der Waals surface area (Å²) in [6.45, 7) is 0. The number of nitrogens with two attached hydrogens (primary N) is 1. The van der Waals surface area contributed by atoms with E-state index in [1.165, 1.54) is 18.2 Å². The van der Waals surface area contributed by atoms with Crippen molar-refractivity contribution in [1.82, 2.24) is 0 Å². The fourth-order valence-corrected chi connectivity index (χ4v) is 2.34. The van der Waals surface area contributed by atoms with Crippen LogP contribution in [-0.4, -0.2) is 20.6 Å². The topological polar surface area (TPSA) is 86.5 Å². The Morgan fingerprint density at radius 2 is 1.70 bits per heavy atom. The molecule has 0 spiro atoms. The normalized spacial score (nSPS) is 11.1. The Morgan fingerprint density at radius 1 is 1.05 bits per heavy atom. The molecule has 0 saturated carbocycles. The van der Waals surface area contributed by atoms with Crippen LogP contribution in [0.5, 0.6) is 5.75 Å². The van der Waals surface area contributed by atoms with E-state index in [-0.39, 0.29) is 11.3 Å². The van der Waals surface area contributed by atoms with Gasteiger partial charge in [-0.05, 0) is 17.7 Å². The van der Waals surface area contributed by atoms with Gasteiger partial charge in [0.05, 0.1) is 11.8 Å². The Kier molecular flexibility index (Phi) is 3.76. The second-order valence-electron chi connectivity index (χ2n) is 4.20. The highest BCUT2D eigenvalue weighted by Gasteiger charge is 2.18. The summed E-state index contributed by atoms with van der Waals surface area (Å²) in [5.74, 6) is -0.571. The van der Waals surface area contributed by atoms with Gasteiger partial charge in [-0.2, -0.15) is 8.42 Å². The number of hydrogen-bond acceptors (Lipinski definition) is 4. The molecule has 2 N–H and O–H groups in total. The van der Waals surface area contributed by atoms with E-state index < -0.39 is 16.0 Å². The van der Waals surface area contributed by atoms with E-state index in [2.05, 4.69) is 0 Å². The van der Waals surface area contributed by atoms with Crippen LogP contribution in [0, 0.1) is 0 Å². The zero-order valence-corrected chi connectivity index (χ0v) is 11.6. The van der Waals surface area contributed by atoms with Gasteiger partial charge in [0.1, 0.15) is 0 Å². The lowest BCUT2D eigenvalue weighted by molar-refractivity contribution is 0.100. The Balaban J connectivity index is 2.70. The molecule has 104 valence electrons. The molecule has 0 aromatic heterocycles. The van der Waals surface area contributed by atoms with Gasteiger partial charge in [0.25, 0.3) is 0 Å². The molecule has 0 saturated heterocycles. The maximum Gasteiger partial charge on any atom is 0.306 e. The molecule has 5 nitrogen and oxygen atoms in total. The largest absolute Gasteiger partial charge is 0.382 e. The summed E-state index contributed by atoms with van der Waals surface area (Å²) in [5.41, 5.74) is 6.57. The van der Waals surface area contributed by atoms with Crippen molar-refractivity contribution in [2.45, 2.75) is 0 Å². The summed E-state index contributed by atoms with van der Waals surface area (Å²) < 4.78 is 27.6. The van der Waals surface area contributed by atoms with Gasteiger partial charge in [0, 0.05) is 5.56 Å².